The summed E-state index contributed by atoms with van der Waals surface area (Å²) in [4.78, 5) is 3.90. The van der Waals surface area contributed by atoms with E-state index in [-0.39, 0.29) is 0 Å². The molecule has 0 aromatic carbocycles. The minimum atomic E-state index is -0.945. The Labute approximate surface area is 94.3 Å². The van der Waals surface area contributed by atoms with Crippen LogP contribution in [0.15, 0.2) is 18.5 Å². The Bertz CT molecular complexity index is 308. The highest BCUT2D eigenvalue weighted by molar-refractivity contribution is 7.80. The molecule has 15 heavy (non-hydrogen) atoms. The van der Waals surface area contributed by atoms with Gasteiger partial charge in [0, 0.05) is 11.8 Å². The summed E-state index contributed by atoms with van der Waals surface area (Å²) >= 11 is 3.99. The predicted octanol–water partition coefficient (Wildman–Crippen LogP) is 0.804. The summed E-state index contributed by atoms with van der Waals surface area (Å²) in [5.74, 6) is 1.08. The summed E-state index contributed by atoms with van der Waals surface area (Å²) < 4.78 is 4.97. The fourth-order valence-electron chi connectivity index (χ4n) is 1.22. The first-order chi connectivity index (χ1) is 7.19. The molecule has 4 nitrogen and oxygen atoms in total. The molecule has 1 aromatic rings. The molecule has 1 aromatic heterocycles. The fraction of sp³-hybridized carbons (Fsp3) is 0.500. The SMILES string of the molecule is COc1cncc(C(O)C(O)CCS)c1. The minimum Gasteiger partial charge on any atom is -0.495 e. The molecule has 1 rings (SSSR count). The van der Waals surface area contributed by atoms with Crippen LogP contribution >= 0.6 is 12.6 Å². The molecule has 1 heterocycles. The highest BCUT2D eigenvalue weighted by Crippen LogP contribution is 2.21. The lowest BCUT2D eigenvalue weighted by atomic mass is 10.0. The number of nitrogens with zero attached hydrogens (tertiary/aromatic N) is 1. The van der Waals surface area contributed by atoms with Gasteiger partial charge in [-0.05, 0) is 18.2 Å². The maximum absolute atomic E-state index is 9.76. The molecule has 2 unspecified atom stereocenters. The van der Waals surface area contributed by atoms with Crippen molar-refractivity contribution in [1.29, 1.82) is 0 Å². The number of aliphatic hydroxyl groups excluding tert-OH is 2. The molecule has 0 bridgehead atoms. The molecule has 0 spiro atoms. The normalized spacial score (nSPS) is 14.7. The van der Waals surface area contributed by atoms with Crippen molar-refractivity contribution in [3.63, 3.8) is 0 Å². The first kappa shape index (κ1) is 12.3. The van der Waals surface area contributed by atoms with Gasteiger partial charge in [-0.1, -0.05) is 0 Å². The van der Waals surface area contributed by atoms with Crippen molar-refractivity contribution in [3.05, 3.63) is 24.0 Å². The van der Waals surface area contributed by atoms with Gasteiger partial charge in [-0.3, -0.25) is 4.98 Å². The largest absolute Gasteiger partial charge is 0.495 e. The zero-order chi connectivity index (χ0) is 11.3. The van der Waals surface area contributed by atoms with Gasteiger partial charge in [-0.2, -0.15) is 12.6 Å². The zero-order valence-electron chi connectivity index (χ0n) is 8.50. The number of pyridine rings is 1. The quantitative estimate of drug-likeness (QED) is 0.654. The molecule has 2 atom stereocenters. The zero-order valence-corrected chi connectivity index (χ0v) is 9.39. The van der Waals surface area contributed by atoms with Crippen LogP contribution in [0, 0.1) is 0 Å². The summed E-state index contributed by atoms with van der Waals surface area (Å²) in [6.45, 7) is 0. The fourth-order valence-corrected chi connectivity index (χ4v) is 1.49. The summed E-state index contributed by atoms with van der Waals surface area (Å²) in [5, 5.41) is 19.3. The number of hydrogen-bond donors (Lipinski definition) is 3. The van der Waals surface area contributed by atoms with Crippen LogP contribution < -0.4 is 4.74 Å². The smallest absolute Gasteiger partial charge is 0.137 e. The van der Waals surface area contributed by atoms with Crippen LogP contribution in [0.3, 0.4) is 0 Å². The van der Waals surface area contributed by atoms with E-state index >= 15 is 0 Å². The van der Waals surface area contributed by atoms with Crippen LogP contribution in [0.5, 0.6) is 5.75 Å². The van der Waals surface area contributed by atoms with Gasteiger partial charge in [0.15, 0.2) is 0 Å². The lowest BCUT2D eigenvalue weighted by molar-refractivity contribution is 0.0169. The Kier molecular flexibility index (Phi) is 4.87. The van der Waals surface area contributed by atoms with E-state index in [1.165, 1.54) is 13.3 Å². The second-order valence-electron chi connectivity index (χ2n) is 3.18. The van der Waals surface area contributed by atoms with E-state index in [2.05, 4.69) is 17.6 Å². The van der Waals surface area contributed by atoms with Gasteiger partial charge < -0.3 is 14.9 Å². The standard InChI is InChI=1S/C10H15NO3S/c1-14-8-4-7(5-11-6-8)10(13)9(12)2-3-15/h4-6,9-10,12-13,15H,2-3H2,1H3. The lowest BCUT2D eigenvalue weighted by Crippen LogP contribution is -2.18. The van der Waals surface area contributed by atoms with Gasteiger partial charge >= 0.3 is 0 Å². The molecule has 5 heteroatoms. The molecule has 2 N–H and O–H groups in total. The van der Waals surface area contributed by atoms with Crippen molar-refractivity contribution in [1.82, 2.24) is 4.98 Å². The topological polar surface area (TPSA) is 62.6 Å². The highest BCUT2D eigenvalue weighted by atomic mass is 32.1. The molecular weight excluding hydrogens is 214 g/mol. The molecule has 0 fully saturated rings. The third kappa shape index (κ3) is 3.37. The first-order valence-corrected chi connectivity index (χ1v) is 5.28. The van der Waals surface area contributed by atoms with E-state index in [0.717, 1.165) is 0 Å². The third-order valence-corrected chi connectivity index (χ3v) is 2.36. The molecule has 84 valence electrons. The van der Waals surface area contributed by atoms with Gasteiger partial charge in [0.05, 0.1) is 19.4 Å². The maximum atomic E-state index is 9.76. The van der Waals surface area contributed by atoms with Gasteiger partial charge in [-0.15, -0.1) is 0 Å². The summed E-state index contributed by atoms with van der Waals surface area (Å²) in [6.07, 6.45) is 1.72. The number of methoxy groups -OCH3 is 1. The Morgan fingerprint density at radius 3 is 2.80 bits per heavy atom. The molecule has 0 aliphatic carbocycles. The van der Waals surface area contributed by atoms with Crippen molar-refractivity contribution in [2.45, 2.75) is 18.6 Å². The van der Waals surface area contributed by atoms with Crippen molar-refractivity contribution in [3.8, 4) is 5.75 Å². The van der Waals surface area contributed by atoms with Gasteiger partial charge in [0.25, 0.3) is 0 Å². The summed E-state index contributed by atoms with van der Waals surface area (Å²) in [6, 6.07) is 1.65. The van der Waals surface area contributed by atoms with Crippen molar-refractivity contribution >= 4 is 12.6 Å². The van der Waals surface area contributed by atoms with Gasteiger partial charge in [-0.25, -0.2) is 0 Å². The van der Waals surface area contributed by atoms with Crippen LogP contribution in [-0.4, -0.2) is 34.2 Å². The Balaban J connectivity index is 2.76. The van der Waals surface area contributed by atoms with Crippen molar-refractivity contribution in [2.75, 3.05) is 12.9 Å². The van der Waals surface area contributed by atoms with Gasteiger partial charge in [0.2, 0.25) is 0 Å². The molecule has 0 amide bonds. The Morgan fingerprint density at radius 1 is 1.47 bits per heavy atom. The number of hydrogen-bond acceptors (Lipinski definition) is 5. The number of aromatic nitrogens is 1. The molecule has 0 radical (unpaired) electrons. The maximum Gasteiger partial charge on any atom is 0.137 e. The molecule has 0 saturated heterocycles. The molecule has 0 aliphatic heterocycles. The highest BCUT2D eigenvalue weighted by Gasteiger charge is 2.18. The number of thiol groups is 1. The van der Waals surface area contributed by atoms with Crippen molar-refractivity contribution in [2.24, 2.45) is 0 Å². The van der Waals surface area contributed by atoms with Crippen LogP contribution in [0.2, 0.25) is 0 Å². The second kappa shape index (κ2) is 5.95. The van der Waals surface area contributed by atoms with E-state index in [4.69, 9.17) is 4.74 Å². The molecule has 0 aliphatic rings. The third-order valence-electron chi connectivity index (χ3n) is 2.10. The number of rotatable bonds is 5. The number of aliphatic hydroxyl groups is 2. The van der Waals surface area contributed by atoms with E-state index in [1.54, 1.807) is 12.3 Å². The molecule has 0 saturated carbocycles. The Morgan fingerprint density at radius 2 is 2.20 bits per heavy atom. The van der Waals surface area contributed by atoms with Crippen LogP contribution in [0.4, 0.5) is 0 Å². The monoisotopic (exact) mass is 229 g/mol. The van der Waals surface area contributed by atoms with E-state index in [1.807, 2.05) is 0 Å². The Hall–Kier alpha value is -0.780. The minimum absolute atomic E-state index is 0.432. The van der Waals surface area contributed by atoms with E-state index in [0.29, 0.717) is 23.5 Å². The summed E-state index contributed by atoms with van der Waals surface area (Å²) in [7, 11) is 1.53. The summed E-state index contributed by atoms with van der Waals surface area (Å²) in [5.41, 5.74) is 0.545. The van der Waals surface area contributed by atoms with Crippen LogP contribution in [0.25, 0.3) is 0 Å². The van der Waals surface area contributed by atoms with Crippen LogP contribution in [-0.2, 0) is 0 Å². The van der Waals surface area contributed by atoms with E-state index in [9.17, 15) is 10.2 Å². The predicted molar refractivity (Wildman–Crippen MR) is 60.2 cm³/mol. The first-order valence-electron chi connectivity index (χ1n) is 4.65. The van der Waals surface area contributed by atoms with Crippen LogP contribution in [0.1, 0.15) is 18.1 Å². The molecular formula is C10H15NO3S. The average Bonchev–Trinajstić information content (AvgIpc) is 2.28. The number of ether oxygens (including phenoxy) is 1. The van der Waals surface area contributed by atoms with Crippen molar-refractivity contribution < 1.29 is 14.9 Å². The second-order valence-corrected chi connectivity index (χ2v) is 3.63. The van der Waals surface area contributed by atoms with E-state index < -0.39 is 12.2 Å². The van der Waals surface area contributed by atoms with Gasteiger partial charge in [0.1, 0.15) is 11.9 Å². The lowest BCUT2D eigenvalue weighted by Gasteiger charge is -2.17. The average molecular weight is 229 g/mol.